The van der Waals surface area contributed by atoms with E-state index in [1.54, 1.807) is 24.3 Å². The van der Waals surface area contributed by atoms with Crippen molar-refractivity contribution < 1.29 is 35.5 Å². The van der Waals surface area contributed by atoms with Gasteiger partial charge in [-0.25, -0.2) is 12.8 Å². The van der Waals surface area contributed by atoms with Crippen molar-refractivity contribution in [3.8, 4) is 17.2 Å². The van der Waals surface area contributed by atoms with Gasteiger partial charge in [0.15, 0.2) is 11.6 Å². The number of anilines is 1. The van der Waals surface area contributed by atoms with Crippen molar-refractivity contribution in [3.05, 3.63) is 84.3 Å². The van der Waals surface area contributed by atoms with Crippen LogP contribution in [0, 0.1) is 5.82 Å². The number of likely N-dealkylation sites (N-methyl/N-ethyl adjacent to an activating group) is 1. The lowest BCUT2D eigenvalue weighted by molar-refractivity contribution is -0.139. The summed E-state index contributed by atoms with van der Waals surface area (Å²) in [7, 11) is -2.55. The Kier molecular flexibility index (Phi) is 9.04. The quantitative estimate of drug-likeness (QED) is 0.172. The molecule has 0 unspecified atom stereocenters. The second kappa shape index (κ2) is 12.7. The minimum atomic E-state index is -4.89. The molecule has 1 aliphatic heterocycles. The van der Waals surface area contributed by atoms with Gasteiger partial charge in [0, 0.05) is 50.4 Å². The summed E-state index contributed by atoms with van der Waals surface area (Å²) >= 11 is 0. The Morgan fingerprint density at radius 2 is 1.72 bits per heavy atom. The number of fused-ring (bicyclic) bond motifs is 1. The Hall–Kier alpha value is -3.94. The van der Waals surface area contributed by atoms with Crippen LogP contribution in [0.3, 0.4) is 0 Å². The van der Waals surface area contributed by atoms with Crippen LogP contribution in [0.2, 0.25) is 0 Å². The van der Waals surface area contributed by atoms with E-state index in [2.05, 4.69) is 21.8 Å². The average Bonchev–Trinajstić information content (AvgIpc) is 2.97. The van der Waals surface area contributed by atoms with E-state index < -0.39 is 32.5 Å². The third kappa shape index (κ3) is 7.53. The summed E-state index contributed by atoms with van der Waals surface area (Å²) < 4.78 is 94.4. The summed E-state index contributed by atoms with van der Waals surface area (Å²) in [6.07, 6.45) is -2.52. The summed E-state index contributed by atoms with van der Waals surface area (Å²) in [5.41, 5.74) is -1.00. The Balaban J connectivity index is 1.27. The highest BCUT2D eigenvalue weighted by atomic mass is 32.2. The molecule has 1 aliphatic rings. The number of nitrogens with zero attached hydrogens (tertiary/aromatic N) is 3. The lowest BCUT2D eigenvalue weighted by Crippen LogP contribution is -2.44. The minimum Gasteiger partial charge on any atom is -0.494 e. The van der Waals surface area contributed by atoms with Crippen LogP contribution in [-0.2, 0) is 16.2 Å². The smallest absolute Gasteiger partial charge is 0.417 e. The van der Waals surface area contributed by atoms with Gasteiger partial charge in [-0.1, -0.05) is 12.1 Å². The Labute approximate surface area is 246 Å². The zero-order chi connectivity index (χ0) is 30.6. The average molecular weight is 619 g/mol. The van der Waals surface area contributed by atoms with Crippen molar-refractivity contribution in [2.75, 3.05) is 51.1 Å². The fraction of sp³-hybridized carbons (Fsp3) is 0.300. The van der Waals surface area contributed by atoms with Crippen LogP contribution in [-0.4, -0.2) is 69.6 Å². The highest BCUT2D eigenvalue weighted by Gasteiger charge is 2.37. The zero-order valence-corrected chi connectivity index (χ0v) is 24.1. The van der Waals surface area contributed by atoms with E-state index in [4.69, 9.17) is 9.47 Å². The third-order valence-electron chi connectivity index (χ3n) is 7.04. The summed E-state index contributed by atoms with van der Waals surface area (Å²) in [6.45, 7) is 5.64. The molecule has 43 heavy (non-hydrogen) atoms. The molecule has 0 radical (unpaired) electrons. The molecule has 4 aromatic rings. The number of nitrogens with one attached hydrogen (secondary N) is 1. The first-order valence-corrected chi connectivity index (χ1v) is 15.1. The molecule has 3 aromatic carbocycles. The largest absolute Gasteiger partial charge is 0.494 e. The van der Waals surface area contributed by atoms with Gasteiger partial charge < -0.3 is 19.3 Å². The summed E-state index contributed by atoms with van der Waals surface area (Å²) in [5.74, 6) is -0.248. The van der Waals surface area contributed by atoms with E-state index in [1.807, 2.05) is 4.72 Å². The first-order chi connectivity index (χ1) is 20.5. The number of hydrogen-bond donors (Lipinski definition) is 1. The highest BCUT2D eigenvalue weighted by molar-refractivity contribution is 7.92. The third-order valence-corrected chi connectivity index (χ3v) is 8.48. The maximum absolute atomic E-state index is 15.1. The number of aromatic nitrogens is 1. The predicted octanol–water partition coefficient (Wildman–Crippen LogP) is 6.00. The van der Waals surface area contributed by atoms with Gasteiger partial charge in [0.25, 0.3) is 10.0 Å². The maximum atomic E-state index is 15.1. The molecule has 0 bridgehead atoms. The number of ether oxygens (including phenoxy) is 2. The van der Waals surface area contributed by atoms with Gasteiger partial charge in [-0.2, -0.15) is 13.2 Å². The second-order valence-corrected chi connectivity index (χ2v) is 11.8. The molecule has 13 heteroatoms. The van der Waals surface area contributed by atoms with E-state index in [-0.39, 0.29) is 11.4 Å². The fourth-order valence-corrected chi connectivity index (χ4v) is 6.02. The molecule has 0 saturated carbocycles. The van der Waals surface area contributed by atoms with Crippen molar-refractivity contribution in [3.63, 3.8) is 0 Å². The molecule has 5 rings (SSSR count). The number of pyridine rings is 1. The Morgan fingerprint density at radius 3 is 2.47 bits per heavy atom. The van der Waals surface area contributed by atoms with Gasteiger partial charge in [-0.15, -0.1) is 0 Å². The number of hydrogen-bond acceptors (Lipinski definition) is 7. The highest BCUT2D eigenvalue weighted by Crippen LogP contribution is 2.36. The van der Waals surface area contributed by atoms with Gasteiger partial charge in [0.2, 0.25) is 0 Å². The van der Waals surface area contributed by atoms with Crippen molar-refractivity contribution in [2.24, 2.45) is 0 Å². The monoisotopic (exact) mass is 618 g/mol. The number of rotatable bonds is 10. The number of alkyl halides is 3. The Bertz CT molecular complexity index is 1690. The molecule has 1 fully saturated rings. The molecule has 228 valence electrons. The molecule has 8 nitrogen and oxygen atoms in total. The van der Waals surface area contributed by atoms with Crippen LogP contribution in [0.15, 0.2) is 77.8 Å². The van der Waals surface area contributed by atoms with E-state index in [9.17, 15) is 21.6 Å². The zero-order valence-electron chi connectivity index (χ0n) is 23.3. The lowest BCUT2D eigenvalue weighted by atomic mass is 10.2. The fourth-order valence-electron chi connectivity index (χ4n) is 4.74. The normalized spacial score (nSPS) is 15.0. The molecule has 0 spiro atoms. The van der Waals surface area contributed by atoms with Crippen molar-refractivity contribution in [2.45, 2.75) is 17.5 Å². The summed E-state index contributed by atoms with van der Waals surface area (Å²) in [5, 5.41) is 0.576. The molecule has 2 heterocycles. The summed E-state index contributed by atoms with van der Waals surface area (Å²) in [4.78, 5) is 8.07. The SMILES string of the molecule is CN1CCN(CCCOc2ccc3nccc(Oc4ccc(NS(=O)(=O)c5ccccc5C(F)(F)F)cc4F)c3c2)CC1. The van der Waals surface area contributed by atoms with Crippen LogP contribution >= 0.6 is 0 Å². The molecule has 0 aliphatic carbocycles. The molecule has 1 saturated heterocycles. The van der Waals surface area contributed by atoms with Gasteiger partial charge in [0.05, 0.1) is 28.3 Å². The van der Waals surface area contributed by atoms with E-state index in [1.165, 1.54) is 24.4 Å². The van der Waals surface area contributed by atoms with Crippen molar-refractivity contribution in [1.82, 2.24) is 14.8 Å². The first kappa shape index (κ1) is 30.5. The molecule has 0 amide bonds. The van der Waals surface area contributed by atoms with Crippen LogP contribution in [0.1, 0.15) is 12.0 Å². The molecular formula is C30H30F4N4O4S. The molecule has 0 atom stereocenters. The number of piperazine rings is 1. The van der Waals surface area contributed by atoms with Gasteiger partial charge in [-0.3, -0.25) is 9.71 Å². The standard InChI is InChI=1S/C30H30F4N4O4S/c1-37-14-16-38(17-15-37)13-4-18-41-22-8-9-26-23(20-22)27(11-12-35-26)42-28-10-7-21(19-25(28)31)36-43(39,40)29-6-3-2-5-24(29)30(32,33)34/h2-3,5-12,19-20,36H,4,13-18H2,1H3. The number of halogens is 4. The molecular weight excluding hydrogens is 588 g/mol. The van der Waals surface area contributed by atoms with Crippen molar-refractivity contribution >= 4 is 26.6 Å². The van der Waals surface area contributed by atoms with Gasteiger partial charge in [-0.05, 0) is 62.0 Å². The van der Waals surface area contributed by atoms with Gasteiger partial charge >= 0.3 is 6.18 Å². The topological polar surface area (TPSA) is 84.0 Å². The van der Waals surface area contributed by atoms with E-state index >= 15 is 4.39 Å². The number of sulfonamides is 1. The lowest BCUT2D eigenvalue weighted by Gasteiger charge is -2.32. The predicted molar refractivity (Wildman–Crippen MR) is 155 cm³/mol. The first-order valence-electron chi connectivity index (χ1n) is 13.6. The van der Waals surface area contributed by atoms with Crippen LogP contribution in [0.5, 0.6) is 17.2 Å². The van der Waals surface area contributed by atoms with Crippen LogP contribution in [0.25, 0.3) is 10.9 Å². The number of benzene rings is 3. The second-order valence-electron chi connectivity index (χ2n) is 10.2. The van der Waals surface area contributed by atoms with E-state index in [0.717, 1.165) is 57.3 Å². The van der Waals surface area contributed by atoms with Crippen molar-refractivity contribution in [1.29, 1.82) is 0 Å². The minimum absolute atomic E-state index is 0.218. The van der Waals surface area contributed by atoms with Crippen LogP contribution in [0.4, 0.5) is 23.2 Å². The summed E-state index contributed by atoms with van der Waals surface area (Å²) in [6, 6.07) is 13.9. The Morgan fingerprint density at radius 1 is 0.953 bits per heavy atom. The molecule has 1 N–H and O–H groups in total. The maximum Gasteiger partial charge on any atom is 0.417 e. The molecule has 1 aromatic heterocycles. The van der Waals surface area contributed by atoms with Crippen LogP contribution < -0.4 is 14.2 Å². The van der Waals surface area contributed by atoms with E-state index in [0.29, 0.717) is 35.1 Å². The van der Waals surface area contributed by atoms with Gasteiger partial charge in [0.1, 0.15) is 11.5 Å².